The third-order valence-electron chi connectivity index (χ3n) is 3.10. The predicted molar refractivity (Wildman–Crippen MR) is 91.9 cm³/mol. The minimum absolute atomic E-state index is 0.0927. The van der Waals surface area contributed by atoms with E-state index in [9.17, 15) is 9.90 Å². The number of amides is 1. The van der Waals surface area contributed by atoms with Crippen LogP contribution in [-0.4, -0.2) is 30.4 Å². The first-order chi connectivity index (χ1) is 11.7. The van der Waals surface area contributed by atoms with Gasteiger partial charge >= 0.3 is 0 Å². The lowest BCUT2D eigenvalue weighted by Crippen LogP contribution is -2.17. The molecular weight excluding hydrogens is 308 g/mol. The Bertz CT molecular complexity index is 729. The van der Waals surface area contributed by atoms with Gasteiger partial charge in [0.05, 0.1) is 25.0 Å². The van der Waals surface area contributed by atoms with Crippen molar-refractivity contribution in [2.45, 2.75) is 13.8 Å². The van der Waals surface area contributed by atoms with E-state index in [2.05, 4.69) is 10.5 Å². The number of phenols is 1. The molecule has 6 nitrogen and oxygen atoms in total. The number of hydrogen-bond acceptors (Lipinski definition) is 5. The standard InChI is InChI=1S/C18H20N2O4/c1-3-23-16-10-9-13(11-17(16)24-4-2)12-19-20-18(22)14-7-5-6-8-15(14)21/h5-12,21H,3-4H2,1-2H3,(H,20,22). The molecule has 0 unspecified atom stereocenters. The fourth-order valence-corrected chi connectivity index (χ4v) is 2.04. The summed E-state index contributed by atoms with van der Waals surface area (Å²) in [6.07, 6.45) is 1.50. The van der Waals surface area contributed by atoms with Gasteiger partial charge in [0.2, 0.25) is 0 Å². The lowest BCUT2D eigenvalue weighted by Gasteiger charge is -2.11. The van der Waals surface area contributed by atoms with Crippen LogP contribution in [0.15, 0.2) is 47.6 Å². The fraction of sp³-hybridized carbons (Fsp3) is 0.222. The average molecular weight is 328 g/mol. The first-order valence-corrected chi connectivity index (χ1v) is 7.66. The molecule has 2 aromatic carbocycles. The van der Waals surface area contributed by atoms with Crippen molar-refractivity contribution in [3.05, 3.63) is 53.6 Å². The summed E-state index contributed by atoms with van der Waals surface area (Å²) >= 11 is 0. The van der Waals surface area contributed by atoms with Crippen LogP contribution in [0, 0.1) is 0 Å². The maximum atomic E-state index is 11.9. The van der Waals surface area contributed by atoms with Crippen LogP contribution in [0.25, 0.3) is 0 Å². The number of nitrogens with zero attached hydrogens (tertiary/aromatic N) is 1. The molecule has 24 heavy (non-hydrogen) atoms. The summed E-state index contributed by atoms with van der Waals surface area (Å²) in [5.41, 5.74) is 3.29. The number of para-hydroxylation sites is 1. The van der Waals surface area contributed by atoms with Crippen molar-refractivity contribution in [1.82, 2.24) is 5.43 Å². The average Bonchev–Trinajstić information content (AvgIpc) is 2.58. The quantitative estimate of drug-likeness (QED) is 0.605. The van der Waals surface area contributed by atoms with Gasteiger partial charge in [0.25, 0.3) is 5.91 Å². The monoisotopic (exact) mass is 328 g/mol. The zero-order chi connectivity index (χ0) is 17.4. The number of ether oxygens (including phenoxy) is 2. The second kappa shape index (κ2) is 8.57. The number of hydrazone groups is 1. The van der Waals surface area contributed by atoms with Crippen LogP contribution in [0.2, 0.25) is 0 Å². The highest BCUT2D eigenvalue weighted by Crippen LogP contribution is 2.28. The van der Waals surface area contributed by atoms with Gasteiger partial charge in [0, 0.05) is 0 Å². The van der Waals surface area contributed by atoms with Crippen molar-refractivity contribution in [3.63, 3.8) is 0 Å². The highest BCUT2D eigenvalue weighted by Gasteiger charge is 2.09. The molecule has 2 rings (SSSR count). The third kappa shape index (κ3) is 4.49. The number of aromatic hydroxyl groups is 1. The summed E-state index contributed by atoms with van der Waals surface area (Å²) in [6, 6.07) is 11.7. The Kier molecular flexibility index (Phi) is 6.19. The molecule has 0 bridgehead atoms. The number of hydrogen-bond donors (Lipinski definition) is 2. The summed E-state index contributed by atoms with van der Waals surface area (Å²) in [5.74, 6) is 0.704. The van der Waals surface area contributed by atoms with E-state index < -0.39 is 5.91 Å². The fourth-order valence-electron chi connectivity index (χ4n) is 2.04. The second-order valence-corrected chi connectivity index (χ2v) is 4.79. The molecule has 0 aliphatic carbocycles. The molecule has 0 fully saturated rings. The summed E-state index contributed by atoms with van der Waals surface area (Å²) in [7, 11) is 0. The first kappa shape index (κ1) is 17.3. The lowest BCUT2D eigenvalue weighted by molar-refractivity contribution is 0.0952. The van der Waals surface area contributed by atoms with Crippen LogP contribution in [0.5, 0.6) is 17.2 Å². The van der Waals surface area contributed by atoms with Crippen molar-refractivity contribution in [1.29, 1.82) is 0 Å². The van der Waals surface area contributed by atoms with Crippen molar-refractivity contribution in [2.75, 3.05) is 13.2 Å². The minimum Gasteiger partial charge on any atom is -0.507 e. The Labute approximate surface area is 140 Å². The Morgan fingerprint density at radius 3 is 2.54 bits per heavy atom. The first-order valence-electron chi connectivity index (χ1n) is 7.66. The van der Waals surface area contributed by atoms with E-state index in [-0.39, 0.29) is 11.3 Å². The largest absolute Gasteiger partial charge is 0.507 e. The topological polar surface area (TPSA) is 80.2 Å². The summed E-state index contributed by atoms with van der Waals surface area (Å²) < 4.78 is 11.0. The van der Waals surface area contributed by atoms with Crippen LogP contribution < -0.4 is 14.9 Å². The minimum atomic E-state index is -0.486. The zero-order valence-corrected chi connectivity index (χ0v) is 13.7. The Morgan fingerprint density at radius 2 is 1.83 bits per heavy atom. The number of carbonyl (C=O) groups excluding carboxylic acids is 1. The third-order valence-corrected chi connectivity index (χ3v) is 3.10. The molecule has 126 valence electrons. The summed E-state index contributed by atoms with van der Waals surface area (Å²) in [4.78, 5) is 11.9. The van der Waals surface area contributed by atoms with Gasteiger partial charge in [0.1, 0.15) is 5.75 Å². The Balaban J connectivity index is 2.07. The van der Waals surface area contributed by atoms with Gasteiger partial charge in [0.15, 0.2) is 11.5 Å². The molecule has 0 aliphatic heterocycles. The van der Waals surface area contributed by atoms with E-state index in [1.165, 1.54) is 18.3 Å². The molecule has 0 saturated carbocycles. The van der Waals surface area contributed by atoms with Gasteiger partial charge in [-0.2, -0.15) is 5.10 Å². The molecule has 0 radical (unpaired) electrons. The Morgan fingerprint density at radius 1 is 1.12 bits per heavy atom. The van der Waals surface area contributed by atoms with E-state index in [1.54, 1.807) is 24.3 Å². The van der Waals surface area contributed by atoms with Crippen molar-refractivity contribution >= 4 is 12.1 Å². The maximum absolute atomic E-state index is 11.9. The smallest absolute Gasteiger partial charge is 0.275 e. The van der Waals surface area contributed by atoms with E-state index in [1.807, 2.05) is 19.9 Å². The van der Waals surface area contributed by atoms with Gasteiger partial charge in [-0.1, -0.05) is 12.1 Å². The molecule has 0 spiro atoms. The molecule has 2 N–H and O–H groups in total. The molecule has 6 heteroatoms. The normalized spacial score (nSPS) is 10.6. The van der Waals surface area contributed by atoms with Gasteiger partial charge in [-0.15, -0.1) is 0 Å². The van der Waals surface area contributed by atoms with E-state index in [0.29, 0.717) is 24.7 Å². The SMILES string of the molecule is CCOc1ccc(C=NNC(=O)c2ccccc2O)cc1OCC. The molecule has 0 atom stereocenters. The number of nitrogens with one attached hydrogen (secondary N) is 1. The predicted octanol–water partition coefficient (Wildman–Crippen LogP) is 2.95. The molecule has 2 aromatic rings. The van der Waals surface area contributed by atoms with Crippen LogP contribution in [0.3, 0.4) is 0 Å². The van der Waals surface area contributed by atoms with E-state index in [4.69, 9.17) is 9.47 Å². The van der Waals surface area contributed by atoms with E-state index in [0.717, 1.165) is 5.56 Å². The van der Waals surface area contributed by atoms with Crippen LogP contribution in [0.4, 0.5) is 0 Å². The van der Waals surface area contributed by atoms with Crippen LogP contribution >= 0.6 is 0 Å². The van der Waals surface area contributed by atoms with Crippen molar-refractivity contribution < 1.29 is 19.4 Å². The zero-order valence-electron chi connectivity index (χ0n) is 13.7. The highest BCUT2D eigenvalue weighted by molar-refractivity contribution is 5.97. The number of benzene rings is 2. The molecule has 0 aromatic heterocycles. The molecule has 0 heterocycles. The number of rotatable bonds is 7. The lowest BCUT2D eigenvalue weighted by atomic mass is 10.2. The van der Waals surface area contributed by atoms with Crippen LogP contribution in [-0.2, 0) is 0 Å². The van der Waals surface area contributed by atoms with E-state index >= 15 is 0 Å². The molecule has 1 amide bonds. The summed E-state index contributed by atoms with van der Waals surface area (Å²) in [6.45, 7) is 4.86. The number of carbonyl (C=O) groups is 1. The van der Waals surface area contributed by atoms with Crippen LogP contribution in [0.1, 0.15) is 29.8 Å². The van der Waals surface area contributed by atoms with Crippen molar-refractivity contribution in [2.24, 2.45) is 5.10 Å². The van der Waals surface area contributed by atoms with Gasteiger partial charge < -0.3 is 14.6 Å². The van der Waals surface area contributed by atoms with Gasteiger partial charge in [-0.25, -0.2) is 5.43 Å². The molecule has 0 aliphatic rings. The number of phenolic OH excluding ortho intramolecular Hbond substituents is 1. The molecular formula is C18H20N2O4. The molecule has 0 saturated heterocycles. The van der Waals surface area contributed by atoms with Gasteiger partial charge in [-0.05, 0) is 49.7 Å². The second-order valence-electron chi connectivity index (χ2n) is 4.79. The van der Waals surface area contributed by atoms with Crippen molar-refractivity contribution in [3.8, 4) is 17.2 Å². The Hall–Kier alpha value is -3.02. The summed E-state index contributed by atoms with van der Waals surface area (Å²) in [5, 5.41) is 13.5. The maximum Gasteiger partial charge on any atom is 0.275 e. The van der Waals surface area contributed by atoms with Gasteiger partial charge in [-0.3, -0.25) is 4.79 Å². The highest BCUT2D eigenvalue weighted by atomic mass is 16.5.